The molecule has 1 heterocycles. The van der Waals surface area contributed by atoms with Gasteiger partial charge in [-0.1, -0.05) is 0 Å². The second-order valence-corrected chi connectivity index (χ2v) is 3.31. The minimum atomic E-state index is -1.41. The topological polar surface area (TPSA) is 94.9 Å². The Labute approximate surface area is 84.3 Å². The molecule has 15 heavy (non-hydrogen) atoms. The van der Waals surface area contributed by atoms with E-state index in [9.17, 15) is 18.8 Å². The Kier molecular flexibility index (Phi) is 3.23. The van der Waals surface area contributed by atoms with Crippen molar-refractivity contribution in [2.75, 3.05) is 13.2 Å². The zero-order valence-electron chi connectivity index (χ0n) is 7.72. The molecule has 84 valence electrons. The lowest BCUT2D eigenvalue weighted by molar-refractivity contribution is -0.149. The second kappa shape index (κ2) is 4.24. The third-order valence-corrected chi connectivity index (χ3v) is 2.39. The van der Waals surface area contributed by atoms with Gasteiger partial charge in [0.15, 0.2) is 5.78 Å². The zero-order valence-corrected chi connectivity index (χ0v) is 7.72. The van der Waals surface area contributed by atoms with E-state index < -0.39 is 43.0 Å². The lowest BCUT2D eigenvalue weighted by Crippen LogP contribution is -2.52. The third-order valence-electron chi connectivity index (χ3n) is 2.39. The molecule has 1 saturated heterocycles. The highest BCUT2D eigenvalue weighted by Gasteiger charge is 2.40. The van der Waals surface area contributed by atoms with E-state index in [1.54, 1.807) is 0 Å². The molecular formula is C8H10FNO5. The third kappa shape index (κ3) is 2.23. The first-order valence-corrected chi connectivity index (χ1v) is 4.28. The fourth-order valence-electron chi connectivity index (χ4n) is 1.55. The summed E-state index contributed by atoms with van der Waals surface area (Å²) in [6, 6.07) is -1.04. The van der Waals surface area contributed by atoms with Crippen molar-refractivity contribution in [3.05, 3.63) is 0 Å². The van der Waals surface area contributed by atoms with Crippen LogP contribution in [0.5, 0.6) is 0 Å². The number of carboxylic acids is 1. The molecule has 2 N–H and O–H groups in total. The van der Waals surface area contributed by atoms with Gasteiger partial charge >= 0.3 is 12.1 Å². The number of alkyl halides is 1. The van der Waals surface area contributed by atoms with Gasteiger partial charge in [-0.25, -0.2) is 9.18 Å². The number of Topliss-reactive ketones (excluding diaryl/α,β-unsaturated/α-hetero) is 1. The monoisotopic (exact) mass is 219 g/mol. The standard InChI is InChI=1S/C8H10FNO5/c9-2-4-1-5(7(12)13)6(11)3-10(4)8(14)15/h4-5H,1-3H2,(H,12,13)(H,14,15)/t4-,5?/m0/s1. The van der Waals surface area contributed by atoms with E-state index in [1.807, 2.05) is 0 Å². The van der Waals surface area contributed by atoms with Crippen LogP contribution in [-0.4, -0.2) is 52.2 Å². The fraction of sp³-hybridized carbons (Fsp3) is 0.625. The highest BCUT2D eigenvalue weighted by atomic mass is 19.1. The lowest BCUT2D eigenvalue weighted by atomic mass is 9.90. The molecular weight excluding hydrogens is 209 g/mol. The average Bonchev–Trinajstić information content (AvgIpc) is 2.16. The molecule has 0 aromatic carbocycles. The summed E-state index contributed by atoms with van der Waals surface area (Å²) < 4.78 is 12.4. The molecule has 0 radical (unpaired) electrons. The van der Waals surface area contributed by atoms with Gasteiger partial charge in [-0.2, -0.15) is 0 Å². The number of amides is 1. The highest BCUT2D eigenvalue weighted by molar-refractivity contribution is 6.01. The van der Waals surface area contributed by atoms with Crippen LogP contribution >= 0.6 is 0 Å². The summed E-state index contributed by atoms with van der Waals surface area (Å²) in [6.07, 6.45) is -1.70. The Bertz CT molecular complexity index is 305. The van der Waals surface area contributed by atoms with E-state index >= 15 is 0 Å². The predicted molar refractivity (Wildman–Crippen MR) is 45.2 cm³/mol. The number of hydrogen-bond donors (Lipinski definition) is 2. The quantitative estimate of drug-likeness (QED) is 0.636. The number of carbonyl (C=O) groups is 3. The average molecular weight is 219 g/mol. The van der Waals surface area contributed by atoms with Crippen LogP contribution < -0.4 is 0 Å². The molecule has 1 rings (SSSR count). The summed E-state index contributed by atoms with van der Waals surface area (Å²) >= 11 is 0. The molecule has 0 spiro atoms. The summed E-state index contributed by atoms with van der Waals surface area (Å²) in [7, 11) is 0. The number of halogens is 1. The van der Waals surface area contributed by atoms with Crippen LogP contribution in [0.2, 0.25) is 0 Å². The Balaban J connectivity index is 2.82. The van der Waals surface area contributed by atoms with Gasteiger partial charge in [-0.15, -0.1) is 0 Å². The Morgan fingerprint density at radius 1 is 1.47 bits per heavy atom. The maximum atomic E-state index is 12.4. The molecule has 1 unspecified atom stereocenters. The molecule has 0 bridgehead atoms. The Morgan fingerprint density at radius 3 is 2.47 bits per heavy atom. The summed E-state index contributed by atoms with van der Waals surface area (Å²) in [5.41, 5.74) is 0. The first-order chi connectivity index (χ1) is 6.97. The van der Waals surface area contributed by atoms with E-state index in [4.69, 9.17) is 10.2 Å². The molecule has 1 aliphatic heterocycles. The van der Waals surface area contributed by atoms with Crippen LogP contribution in [0.15, 0.2) is 0 Å². The number of piperidine rings is 1. The Morgan fingerprint density at radius 2 is 2.07 bits per heavy atom. The first-order valence-electron chi connectivity index (χ1n) is 4.28. The molecule has 7 heteroatoms. The second-order valence-electron chi connectivity index (χ2n) is 3.31. The molecule has 1 amide bonds. The number of ketones is 1. The number of aliphatic carboxylic acids is 1. The van der Waals surface area contributed by atoms with Gasteiger partial charge in [0, 0.05) is 0 Å². The van der Waals surface area contributed by atoms with Gasteiger partial charge in [0.25, 0.3) is 0 Å². The number of carboxylic acid groups (broad SMARTS) is 2. The minimum absolute atomic E-state index is 0.295. The first kappa shape index (κ1) is 11.4. The van der Waals surface area contributed by atoms with Crippen molar-refractivity contribution < 1.29 is 29.0 Å². The number of carbonyl (C=O) groups excluding carboxylic acids is 1. The van der Waals surface area contributed by atoms with Gasteiger partial charge in [-0.05, 0) is 6.42 Å². The van der Waals surface area contributed by atoms with Gasteiger partial charge in [0.1, 0.15) is 12.6 Å². The van der Waals surface area contributed by atoms with Crippen molar-refractivity contribution in [1.29, 1.82) is 0 Å². The molecule has 0 aliphatic carbocycles. The van der Waals surface area contributed by atoms with Gasteiger partial charge in [-0.3, -0.25) is 14.5 Å². The SMILES string of the molecule is O=C(O)C1C[C@@H](CF)N(C(=O)O)CC1=O. The summed E-state index contributed by atoms with van der Waals surface area (Å²) in [4.78, 5) is 33.0. The number of nitrogens with zero attached hydrogens (tertiary/aromatic N) is 1. The minimum Gasteiger partial charge on any atom is -0.481 e. The maximum Gasteiger partial charge on any atom is 0.408 e. The van der Waals surface area contributed by atoms with Crippen LogP contribution in [0.1, 0.15) is 6.42 Å². The largest absolute Gasteiger partial charge is 0.481 e. The smallest absolute Gasteiger partial charge is 0.408 e. The fourth-order valence-corrected chi connectivity index (χ4v) is 1.55. The normalized spacial score (nSPS) is 26.5. The molecule has 6 nitrogen and oxygen atoms in total. The van der Waals surface area contributed by atoms with Gasteiger partial charge in [0.2, 0.25) is 0 Å². The Hall–Kier alpha value is -1.66. The number of hydrogen-bond acceptors (Lipinski definition) is 3. The van der Waals surface area contributed by atoms with E-state index in [0.717, 1.165) is 0 Å². The van der Waals surface area contributed by atoms with Crippen molar-refractivity contribution in [2.24, 2.45) is 5.92 Å². The van der Waals surface area contributed by atoms with Gasteiger partial charge in [0.05, 0.1) is 12.6 Å². The number of rotatable bonds is 2. The molecule has 0 aromatic rings. The summed E-state index contributed by atoms with van der Waals surface area (Å²) in [6.45, 7) is -1.54. The van der Waals surface area contributed by atoms with Crippen molar-refractivity contribution in [2.45, 2.75) is 12.5 Å². The summed E-state index contributed by atoms with van der Waals surface area (Å²) in [5, 5.41) is 17.3. The van der Waals surface area contributed by atoms with E-state index in [-0.39, 0.29) is 6.42 Å². The van der Waals surface area contributed by atoms with Crippen molar-refractivity contribution >= 4 is 17.8 Å². The van der Waals surface area contributed by atoms with E-state index in [1.165, 1.54) is 0 Å². The highest BCUT2D eigenvalue weighted by Crippen LogP contribution is 2.21. The maximum absolute atomic E-state index is 12.4. The molecule has 2 atom stereocenters. The van der Waals surface area contributed by atoms with Crippen molar-refractivity contribution in [3.63, 3.8) is 0 Å². The van der Waals surface area contributed by atoms with Crippen LogP contribution in [0.3, 0.4) is 0 Å². The van der Waals surface area contributed by atoms with Crippen LogP contribution in [0.25, 0.3) is 0 Å². The van der Waals surface area contributed by atoms with Crippen molar-refractivity contribution in [1.82, 2.24) is 4.90 Å². The van der Waals surface area contributed by atoms with Crippen LogP contribution in [0, 0.1) is 5.92 Å². The predicted octanol–water partition coefficient (Wildman–Crippen LogP) is -0.0219. The molecule has 0 aromatic heterocycles. The van der Waals surface area contributed by atoms with E-state index in [0.29, 0.717) is 4.90 Å². The molecule has 1 aliphatic rings. The lowest BCUT2D eigenvalue weighted by Gasteiger charge is -2.33. The van der Waals surface area contributed by atoms with Gasteiger partial charge < -0.3 is 10.2 Å². The van der Waals surface area contributed by atoms with E-state index in [2.05, 4.69) is 0 Å². The molecule has 0 saturated carbocycles. The van der Waals surface area contributed by atoms with Crippen molar-refractivity contribution in [3.8, 4) is 0 Å². The van der Waals surface area contributed by atoms with Crippen LogP contribution in [-0.2, 0) is 9.59 Å². The van der Waals surface area contributed by atoms with Crippen LogP contribution in [0.4, 0.5) is 9.18 Å². The summed E-state index contributed by atoms with van der Waals surface area (Å²) in [5.74, 6) is -3.32. The zero-order chi connectivity index (χ0) is 11.6. The molecule has 1 fully saturated rings. The number of likely N-dealkylation sites (tertiary alicyclic amines) is 1.